The van der Waals surface area contributed by atoms with Gasteiger partial charge in [-0.1, -0.05) is 19.1 Å². The molecule has 3 nitrogen and oxygen atoms in total. The molecule has 1 heterocycles. The van der Waals surface area contributed by atoms with Crippen molar-refractivity contribution in [3.05, 3.63) is 29.5 Å². The zero-order valence-corrected chi connectivity index (χ0v) is 8.32. The number of aldehydes is 1. The molecule has 0 N–H and O–H groups in total. The smallest absolute Gasteiger partial charge is 0.150 e. The Morgan fingerprint density at radius 1 is 1.50 bits per heavy atom. The second-order valence-corrected chi connectivity index (χ2v) is 3.28. The van der Waals surface area contributed by atoms with Crippen LogP contribution in [0.5, 0.6) is 0 Å². The minimum Gasteiger partial charge on any atom is -0.298 e. The second kappa shape index (κ2) is 3.25. The van der Waals surface area contributed by atoms with E-state index in [1.807, 2.05) is 29.9 Å². The predicted octanol–water partition coefficient (Wildman–Crippen LogP) is 1.95. The van der Waals surface area contributed by atoms with E-state index in [0.29, 0.717) is 0 Å². The minimum atomic E-state index is 0.729. The number of aryl methyl sites for hydroxylation is 2. The highest BCUT2D eigenvalue weighted by Gasteiger charge is 2.10. The van der Waals surface area contributed by atoms with E-state index in [2.05, 4.69) is 12.0 Å². The van der Waals surface area contributed by atoms with Gasteiger partial charge in [0.2, 0.25) is 0 Å². The fourth-order valence-corrected chi connectivity index (χ4v) is 1.84. The van der Waals surface area contributed by atoms with Crippen LogP contribution in [0.2, 0.25) is 0 Å². The average Bonchev–Trinajstić information content (AvgIpc) is 2.52. The van der Waals surface area contributed by atoms with Gasteiger partial charge in [-0.15, -0.1) is 0 Å². The van der Waals surface area contributed by atoms with Crippen molar-refractivity contribution in [1.82, 2.24) is 9.78 Å². The van der Waals surface area contributed by atoms with E-state index in [0.717, 1.165) is 34.9 Å². The topological polar surface area (TPSA) is 34.9 Å². The van der Waals surface area contributed by atoms with Crippen LogP contribution >= 0.6 is 0 Å². The second-order valence-electron chi connectivity index (χ2n) is 3.28. The molecule has 0 unspecified atom stereocenters. The molecular weight excluding hydrogens is 176 g/mol. The Morgan fingerprint density at radius 3 is 2.93 bits per heavy atom. The summed E-state index contributed by atoms with van der Waals surface area (Å²) in [5, 5.41) is 5.34. The first-order chi connectivity index (χ1) is 6.77. The molecule has 0 aliphatic rings. The van der Waals surface area contributed by atoms with E-state index in [1.54, 1.807) is 0 Å². The molecule has 0 saturated heterocycles. The summed E-state index contributed by atoms with van der Waals surface area (Å²) >= 11 is 0. The van der Waals surface area contributed by atoms with Gasteiger partial charge in [-0.05, 0) is 12.5 Å². The van der Waals surface area contributed by atoms with Gasteiger partial charge in [0.05, 0.1) is 5.52 Å². The molecular formula is C11H12N2O. The average molecular weight is 188 g/mol. The van der Waals surface area contributed by atoms with E-state index < -0.39 is 0 Å². The summed E-state index contributed by atoms with van der Waals surface area (Å²) in [5.41, 5.74) is 2.74. The van der Waals surface area contributed by atoms with Crippen LogP contribution in [-0.2, 0) is 13.5 Å². The maximum atomic E-state index is 10.9. The van der Waals surface area contributed by atoms with Crippen molar-refractivity contribution in [2.24, 2.45) is 7.05 Å². The Labute approximate surface area is 82.3 Å². The quantitative estimate of drug-likeness (QED) is 0.675. The largest absolute Gasteiger partial charge is 0.298 e. The van der Waals surface area contributed by atoms with Crippen molar-refractivity contribution in [1.29, 1.82) is 0 Å². The van der Waals surface area contributed by atoms with Crippen LogP contribution in [0.1, 0.15) is 23.0 Å². The number of aromatic nitrogens is 2. The van der Waals surface area contributed by atoms with Gasteiger partial charge in [0.1, 0.15) is 0 Å². The third-order valence-electron chi connectivity index (χ3n) is 2.47. The predicted molar refractivity (Wildman–Crippen MR) is 55.5 cm³/mol. The summed E-state index contributed by atoms with van der Waals surface area (Å²) in [6, 6.07) is 5.62. The molecule has 0 bridgehead atoms. The van der Waals surface area contributed by atoms with Gasteiger partial charge in [-0.3, -0.25) is 9.48 Å². The van der Waals surface area contributed by atoms with Crippen LogP contribution in [-0.4, -0.2) is 16.1 Å². The molecule has 72 valence electrons. The Balaban J connectivity index is 2.89. The minimum absolute atomic E-state index is 0.729. The summed E-state index contributed by atoms with van der Waals surface area (Å²) < 4.78 is 1.84. The van der Waals surface area contributed by atoms with E-state index in [9.17, 15) is 4.79 Å². The Kier molecular flexibility index (Phi) is 2.08. The first-order valence-corrected chi connectivity index (χ1v) is 4.67. The third kappa shape index (κ3) is 1.13. The van der Waals surface area contributed by atoms with E-state index in [4.69, 9.17) is 0 Å². The van der Waals surface area contributed by atoms with Gasteiger partial charge in [-0.25, -0.2) is 0 Å². The number of rotatable bonds is 2. The molecule has 1 aromatic heterocycles. The lowest BCUT2D eigenvalue weighted by Gasteiger charge is -1.98. The Hall–Kier alpha value is -1.64. The fourth-order valence-electron chi connectivity index (χ4n) is 1.84. The van der Waals surface area contributed by atoms with E-state index in [1.165, 1.54) is 0 Å². The third-order valence-corrected chi connectivity index (χ3v) is 2.47. The lowest BCUT2D eigenvalue weighted by Crippen LogP contribution is -1.96. The van der Waals surface area contributed by atoms with Crippen molar-refractivity contribution >= 4 is 17.2 Å². The number of benzene rings is 1. The molecule has 2 aromatic rings. The molecule has 0 saturated carbocycles. The molecule has 0 fully saturated rings. The van der Waals surface area contributed by atoms with Crippen molar-refractivity contribution in [2.75, 3.05) is 0 Å². The van der Waals surface area contributed by atoms with Crippen LogP contribution in [0, 0.1) is 0 Å². The molecule has 1 aromatic carbocycles. The number of carbonyl (C=O) groups is 1. The lowest BCUT2D eigenvalue weighted by atomic mass is 10.1. The van der Waals surface area contributed by atoms with Crippen LogP contribution in [0.25, 0.3) is 10.9 Å². The number of fused-ring (bicyclic) bond motifs is 1. The number of carbonyl (C=O) groups excluding carboxylic acids is 1. The van der Waals surface area contributed by atoms with Gasteiger partial charge in [0, 0.05) is 23.7 Å². The van der Waals surface area contributed by atoms with Gasteiger partial charge in [0.25, 0.3) is 0 Å². The molecule has 14 heavy (non-hydrogen) atoms. The standard InChI is InChI=1S/C11H12N2O/c1-3-10-11-8(7-14)5-4-6-9(11)12-13(10)2/h4-7H,3H2,1-2H3. The maximum absolute atomic E-state index is 10.9. The number of hydrogen-bond acceptors (Lipinski definition) is 2. The summed E-state index contributed by atoms with van der Waals surface area (Å²) in [7, 11) is 1.91. The maximum Gasteiger partial charge on any atom is 0.150 e. The first kappa shape index (κ1) is 8.94. The molecule has 0 spiro atoms. The van der Waals surface area contributed by atoms with Crippen LogP contribution in [0.3, 0.4) is 0 Å². The molecule has 2 rings (SSSR count). The molecule has 0 aliphatic heterocycles. The SMILES string of the molecule is CCc1c2c(C=O)cccc2nn1C. The van der Waals surface area contributed by atoms with Crippen LogP contribution in [0.15, 0.2) is 18.2 Å². The van der Waals surface area contributed by atoms with Crippen LogP contribution in [0.4, 0.5) is 0 Å². The molecule has 0 amide bonds. The van der Waals surface area contributed by atoms with Gasteiger partial charge in [-0.2, -0.15) is 5.10 Å². The first-order valence-electron chi connectivity index (χ1n) is 4.67. The lowest BCUT2D eigenvalue weighted by molar-refractivity contribution is 0.112. The Morgan fingerprint density at radius 2 is 2.29 bits per heavy atom. The zero-order valence-electron chi connectivity index (χ0n) is 8.32. The summed E-state index contributed by atoms with van der Waals surface area (Å²) in [4.78, 5) is 10.9. The summed E-state index contributed by atoms with van der Waals surface area (Å²) in [6.07, 6.45) is 1.78. The van der Waals surface area contributed by atoms with Crippen molar-refractivity contribution in [3.8, 4) is 0 Å². The van der Waals surface area contributed by atoms with Gasteiger partial charge < -0.3 is 0 Å². The Bertz CT molecular complexity index is 485. The van der Waals surface area contributed by atoms with E-state index in [-0.39, 0.29) is 0 Å². The van der Waals surface area contributed by atoms with Crippen molar-refractivity contribution in [3.63, 3.8) is 0 Å². The van der Waals surface area contributed by atoms with Gasteiger partial charge in [0.15, 0.2) is 6.29 Å². The monoisotopic (exact) mass is 188 g/mol. The summed E-state index contributed by atoms with van der Waals surface area (Å²) in [5.74, 6) is 0. The van der Waals surface area contributed by atoms with Crippen molar-refractivity contribution < 1.29 is 4.79 Å². The highest BCUT2D eigenvalue weighted by Crippen LogP contribution is 2.21. The summed E-state index contributed by atoms with van der Waals surface area (Å²) in [6.45, 7) is 2.07. The zero-order chi connectivity index (χ0) is 10.1. The van der Waals surface area contributed by atoms with Crippen LogP contribution < -0.4 is 0 Å². The highest BCUT2D eigenvalue weighted by molar-refractivity contribution is 5.98. The highest BCUT2D eigenvalue weighted by atomic mass is 16.1. The fraction of sp³-hybridized carbons (Fsp3) is 0.273. The molecule has 0 aliphatic carbocycles. The number of nitrogens with zero attached hydrogens (tertiary/aromatic N) is 2. The molecule has 0 atom stereocenters. The molecule has 3 heteroatoms. The van der Waals surface area contributed by atoms with Crippen molar-refractivity contribution in [2.45, 2.75) is 13.3 Å². The van der Waals surface area contributed by atoms with Gasteiger partial charge >= 0.3 is 0 Å². The number of hydrogen-bond donors (Lipinski definition) is 0. The van der Waals surface area contributed by atoms with E-state index >= 15 is 0 Å². The normalized spacial score (nSPS) is 10.7. The molecule has 0 radical (unpaired) electrons.